The predicted octanol–water partition coefficient (Wildman–Crippen LogP) is 4.28. The standard InChI is InChI=1S/C23H23N3O4S/c1-29-17-7-3-15(4-8-17)21-19(22(28)25-23-24-13-14-31-23)11-12-20(27)26(21)16-5-9-18(30-2)10-6-16/h3-10,13-14,19,21H,11-12H2,1-2H3,(H,24,25,28). The summed E-state index contributed by atoms with van der Waals surface area (Å²) in [7, 11) is 3.20. The quantitative estimate of drug-likeness (QED) is 0.622. The summed E-state index contributed by atoms with van der Waals surface area (Å²) in [4.78, 5) is 32.2. The van der Waals surface area contributed by atoms with Gasteiger partial charge in [0.05, 0.1) is 26.2 Å². The van der Waals surface area contributed by atoms with Crippen LogP contribution in [-0.2, 0) is 9.59 Å². The first-order valence-corrected chi connectivity index (χ1v) is 10.8. The van der Waals surface area contributed by atoms with E-state index in [1.807, 2.05) is 53.9 Å². The minimum atomic E-state index is -0.458. The molecule has 0 saturated carbocycles. The number of thiazole rings is 1. The molecular formula is C23H23N3O4S. The summed E-state index contributed by atoms with van der Waals surface area (Å²) in [6.45, 7) is 0. The lowest BCUT2D eigenvalue weighted by Gasteiger charge is -2.40. The van der Waals surface area contributed by atoms with Gasteiger partial charge < -0.3 is 19.7 Å². The first-order valence-electron chi connectivity index (χ1n) is 9.91. The van der Waals surface area contributed by atoms with Crippen LogP contribution in [0.4, 0.5) is 10.8 Å². The third-order valence-corrected chi connectivity index (χ3v) is 6.09. The van der Waals surface area contributed by atoms with Crippen LogP contribution in [0.3, 0.4) is 0 Å². The van der Waals surface area contributed by atoms with E-state index in [4.69, 9.17) is 9.47 Å². The molecule has 2 atom stereocenters. The smallest absolute Gasteiger partial charge is 0.231 e. The lowest BCUT2D eigenvalue weighted by molar-refractivity contribution is -0.125. The summed E-state index contributed by atoms with van der Waals surface area (Å²) in [6, 6.07) is 14.3. The number of nitrogens with zero attached hydrogens (tertiary/aromatic N) is 2. The average Bonchev–Trinajstić information content (AvgIpc) is 3.32. The summed E-state index contributed by atoms with van der Waals surface area (Å²) in [6.07, 6.45) is 2.39. The van der Waals surface area contributed by atoms with Crippen molar-refractivity contribution < 1.29 is 19.1 Å². The molecule has 1 aliphatic rings. The Morgan fingerprint density at radius 3 is 2.29 bits per heavy atom. The molecule has 0 aliphatic carbocycles. The van der Waals surface area contributed by atoms with Gasteiger partial charge >= 0.3 is 0 Å². The molecule has 2 unspecified atom stereocenters. The number of carbonyl (C=O) groups is 2. The number of aromatic nitrogens is 1. The zero-order valence-corrected chi connectivity index (χ0v) is 18.1. The van der Waals surface area contributed by atoms with E-state index >= 15 is 0 Å². The van der Waals surface area contributed by atoms with Crippen LogP contribution in [0.5, 0.6) is 11.5 Å². The molecule has 2 aromatic carbocycles. The van der Waals surface area contributed by atoms with Gasteiger partial charge in [-0.2, -0.15) is 0 Å². The molecule has 8 heteroatoms. The molecular weight excluding hydrogens is 414 g/mol. The molecule has 0 bridgehead atoms. The van der Waals surface area contributed by atoms with E-state index < -0.39 is 12.0 Å². The van der Waals surface area contributed by atoms with Crippen LogP contribution in [0.1, 0.15) is 24.4 Å². The highest BCUT2D eigenvalue weighted by Crippen LogP contribution is 2.41. The molecule has 1 saturated heterocycles. The van der Waals surface area contributed by atoms with Gasteiger partial charge in [-0.3, -0.25) is 9.59 Å². The van der Waals surface area contributed by atoms with Crippen LogP contribution in [-0.4, -0.2) is 31.0 Å². The van der Waals surface area contributed by atoms with E-state index in [1.54, 1.807) is 25.3 Å². The van der Waals surface area contributed by atoms with Crippen molar-refractivity contribution in [2.45, 2.75) is 18.9 Å². The Bertz CT molecular complexity index is 1040. The third-order valence-electron chi connectivity index (χ3n) is 5.40. The van der Waals surface area contributed by atoms with E-state index in [0.29, 0.717) is 23.1 Å². The van der Waals surface area contributed by atoms with Gasteiger partial charge in [-0.15, -0.1) is 11.3 Å². The maximum Gasteiger partial charge on any atom is 0.231 e. The van der Waals surface area contributed by atoms with Crippen molar-refractivity contribution in [3.63, 3.8) is 0 Å². The lowest BCUT2D eigenvalue weighted by atomic mass is 9.83. The number of carbonyl (C=O) groups excluding carboxylic acids is 2. The van der Waals surface area contributed by atoms with Crippen molar-refractivity contribution in [3.8, 4) is 11.5 Å². The highest BCUT2D eigenvalue weighted by Gasteiger charge is 2.41. The summed E-state index contributed by atoms with van der Waals surface area (Å²) >= 11 is 1.37. The number of hydrogen-bond donors (Lipinski definition) is 1. The summed E-state index contributed by atoms with van der Waals surface area (Å²) in [5.74, 6) is 0.807. The van der Waals surface area contributed by atoms with E-state index in [1.165, 1.54) is 11.3 Å². The second-order valence-corrected chi connectivity index (χ2v) is 8.05. The Hall–Kier alpha value is -3.39. The van der Waals surface area contributed by atoms with Crippen LogP contribution >= 0.6 is 11.3 Å². The van der Waals surface area contributed by atoms with E-state index in [2.05, 4.69) is 10.3 Å². The Kier molecular flexibility index (Phi) is 6.18. The number of methoxy groups -OCH3 is 2. The molecule has 4 rings (SSSR count). The number of rotatable bonds is 6. The molecule has 1 fully saturated rings. The number of hydrogen-bond acceptors (Lipinski definition) is 6. The molecule has 1 N–H and O–H groups in total. The second-order valence-electron chi connectivity index (χ2n) is 7.15. The molecule has 7 nitrogen and oxygen atoms in total. The van der Waals surface area contributed by atoms with Gasteiger partial charge in [0.15, 0.2) is 5.13 Å². The van der Waals surface area contributed by atoms with Crippen LogP contribution < -0.4 is 19.7 Å². The zero-order chi connectivity index (χ0) is 21.8. The van der Waals surface area contributed by atoms with Crippen LogP contribution in [0.15, 0.2) is 60.1 Å². The van der Waals surface area contributed by atoms with Crippen LogP contribution in [0, 0.1) is 5.92 Å². The SMILES string of the molecule is COc1ccc(C2C(C(=O)Nc3nccs3)CCC(=O)N2c2ccc(OC)cc2)cc1. The Morgan fingerprint density at radius 2 is 1.71 bits per heavy atom. The summed E-state index contributed by atoms with van der Waals surface area (Å²) in [5, 5.41) is 5.26. The van der Waals surface area contributed by atoms with Crippen molar-refractivity contribution in [3.05, 3.63) is 65.7 Å². The Morgan fingerprint density at radius 1 is 1.06 bits per heavy atom. The topological polar surface area (TPSA) is 80.8 Å². The average molecular weight is 438 g/mol. The molecule has 3 aromatic rings. The maximum absolute atomic E-state index is 13.2. The van der Waals surface area contributed by atoms with Gasteiger partial charge in [0, 0.05) is 23.7 Å². The zero-order valence-electron chi connectivity index (χ0n) is 17.3. The van der Waals surface area contributed by atoms with E-state index in [9.17, 15) is 9.59 Å². The fourth-order valence-electron chi connectivity index (χ4n) is 3.88. The van der Waals surface area contributed by atoms with Gasteiger partial charge in [-0.1, -0.05) is 12.1 Å². The van der Waals surface area contributed by atoms with Gasteiger partial charge in [0.2, 0.25) is 11.8 Å². The largest absolute Gasteiger partial charge is 0.497 e. The Labute approximate surface area is 184 Å². The predicted molar refractivity (Wildman–Crippen MR) is 120 cm³/mol. The minimum absolute atomic E-state index is 0.0238. The molecule has 0 radical (unpaired) electrons. The van der Waals surface area contributed by atoms with Crippen molar-refractivity contribution >= 4 is 34.0 Å². The van der Waals surface area contributed by atoms with Crippen LogP contribution in [0.25, 0.3) is 0 Å². The third kappa shape index (κ3) is 4.39. The number of ether oxygens (including phenoxy) is 2. The number of nitrogens with one attached hydrogen (secondary N) is 1. The van der Waals surface area contributed by atoms with Crippen molar-refractivity contribution in [2.75, 3.05) is 24.4 Å². The van der Waals surface area contributed by atoms with Crippen molar-refractivity contribution in [1.29, 1.82) is 0 Å². The fraction of sp³-hybridized carbons (Fsp3) is 0.261. The first kappa shape index (κ1) is 20.9. The highest BCUT2D eigenvalue weighted by molar-refractivity contribution is 7.13. The fourth-order valence-corrected chi connectivity index (χ4v) is 4.41. The number of benzene rings is 2. The first-order chi connectivity index (χ1) is 15.1. The van der Waals surface area contributed by atoms with Gasteiger partial charge in [0.1, 0.15) is 11.5 Å². The van der Waals surface area contributed by atoms with Crippen molar-refractivity contribution in [1.82, 2.24) is 4.98 Å². The molecule has 31 heavy (non-hydrogen) atoms. The Balaban J connectivity index is 1.73. The maximum atomic E-state index is 13.2. The number of piperidine rings is 1. The molecule has 2 heterocycles. The second kappa shape index (κ2) is 9.18. The van der Waals surface area contributed by atoms with Gasteiger partial charge in [-0.05, 0) is 48.4 Å². The van der Waals surface area contributed by atoms with Crippen LogP contribution in [0.2, 0.25) is 0 Å². The molecule has 0 spiro atoms. The summed E-state index contributed by atoms with van der Waals surface area (Å²) < 4.78 is 10.5. The molecule has 160 valence electrons. The van der Waals surface area contributed by atoms with Gasteiger partial charge in [-0.25, -0.2) is 4.98 Å². The molecule has 1 aromatic heterocycles. The molecule has 2 amide bonds. The van der Waals surface area contributed by atoms with Crippen molar-refractivity contribution in [2.24, 2.45) is 5.92 Å². The normalized spacial score (nSPS) is 18.5. The number of amides is 2. The number of anilines is 2. The van der Waals surface area contributed by atoms with E-state index in [0.717, 1.165) is 11.3 Å². The molecule has 1 aliphatic heterocycles. The summed E-state index contributed by atoms with van der Waals surface area (Å²) in [5.41, 5.74) is 1.59. The van der Waals surface area contributed by atoms with Gasteiger partial charge in [0.25, 0.3) is 0 Å². The van der Waals surface area contributed by atoms with E-state index in [-0.39, 0.29) is 18.2 Å². The lowest BCUT2D eigenvalue weighted by Crippen LogP contribution is -2.46. The highest BCUT2D eigenvalue weighted by atomic mass is 32.1. The monoisotopic (exact) mass is 437 g/mol. The minimum Gasteiger partial charge on any atom is -0.497 e.